The zero-order valence-corrected chi connectivity index (χ0v) is 20.2. The molecule has 1 atom stereocenters. The molecular weight excluding hydrogens is 460 g/mol. The van der Waals surface area contributed by atoms with Gasteiger partial charge in [-0.1, -0.05) is 25.5 Å². The highest BCUT2D eigenvalue weighted by atomic mass is 16.5. The van der Waals surface area contributed by atoms with E-state index in [4.69, 9.17) is 9.47 Å². The highest BCUT2D eigenvalue weighted by Gasteiger charge is 2.46. The number of aliphatic hydroxyl groups excluding tert-OH is 1. The van der Waals surface area contributed by atoms with E-state index in [9.17, 15) is 19.8 Å². The number of methoxy groups -OCH3 is 1. The minimum atomic E-state index is -0.903. The third kappa shape index (κ3) is 5.02. The van der Waals surface area contributed by atoms with E-state index in [1.807, 2.05) is 0 Å². The van der Waals surface area contributed by atoms with Crippen molar-refractivity contribution in [3.05, 3.63) is 89.3 Å². The number of hydrogen-bond acceptors (Lipinski definition) is 7. The number of nitrogens with zero attached hydrogens (tertiary/aromatic N) is 2. The first-order valence-corrected chi connectivity index (χ1v) is 11.7. The summed E-state index contributed by atoms with van der Waals surface area (Å²) in [5.41, 5.74) is 1.57. The number of aliphatic hydroxyl groups is 1. The third-order valence-electron chi connectivity index (χ3n) is 6.03. The molecule has 1 fully saturated rings. The molecule has 0 bridgehead atoms. The van der Waals surface area contributed by atoms with E-state index in [0.717, 1.165) is 18.4 Å². The fourth-order valence-electron chi connectivity index (χ4n) is 4.14. The van der Waals surface area contributed by atoms with Crippen LogP contribution >= 0.6 is 0 Å². The van der Waals surface area contributed by atoms with Crippen LogP contribution in [0.1, 0.15) is 42.5 Å². The summed E-state index contributed by atoms with van der Waals surface area (Å²) in [6.45, 7) is 2.77. The standard InChI is InChI=1S/C28H28N2O6/c1-3-4-14-36-21-10-7-19(8-11-21)26(32)24-25(20-9-12-22(31)23(15-20)35-2)30(28(34)27(24)33)17-18-6-5-13-29-16-18/h5-13,15-16,25,31-32H,3-4,14,17H2,1-2H3/b26-24+/t25-/m0/s1. The Hall–Kier alpha value is -4.33. The van der Waals surface area contributed by atoms with Crippen molar-refractivity contribution < 1.29 is 29.3 Å². The van der Waals surface area contributed by atoms with Gasteiger partial charge in [-0.05, 0) is 60.0 Å². The van der Waals surface area contributed by atoms with Gasteiger partial charge in [0, 0.05) is 24.5 Å². The van der Waals surface area contributed by atoms with Crippen molar-refractivity contribution in [2.45, 2.75) is 32.4 Å². The smallest absolute Gasteiger partial charge is 0.295 e. The number of carbonyl (C=O) groups excluding carboxylic acids is 2. The van der Waals surface area contributed by atoms with Crippen LogP contribution in [0.3, 0.4) is 0 Å². The fourth-order valence-corrected chi connectivity index (χ4v) is 4.14. The molecule has 2 heterocycles. The van der Waals surface area contributed by atoms with E-state index in [1.54, 1.807) is 60.9 Å². The number of rotatable bonds is 9. The van der Waals surface area contributed by atoms with Gasteiger partial charge in [-0.15, -0.1) is 0 Å². The van der Waals surface area contributed by atoms with E-state index in [1.165, 1.54) is 18.1 Å². The molecule has 0 radical (unpaired) electrons. The number of hydrogen-bond donors (Lipinski definition) is 2. The molecule has 0 spiro atoms. The summed E-state index contributed by atoms with van der Waals surface area (Å²) in [6, 6.07) is 14.0. The molecule has 1 aliphatic rings. The number of amides is 1. The van der Waals surface area contributed by atoms with Gasteiger partial charge in [0.15, 0.2) is 11.5 Å². The lowest BCUT2D eigenvalue weighted by Crippen LogP contribution is -2.29. The second kappa shape index (κ2) is 10.9. The Morgan fingerprint density at radius 1 is 1.11 bits per heavy atom. The average Bonchev–Trinajstić information content (AvgIpc) is 3.14. The maximum Gasteiger partial charge on any atom is 0.295 e. The molecule has 1 aliphatic heterocycles. The average molecular weight is 489 g/mol. The fraction of sp³-hybridized carbons (Fsp3) is 0.250. The molecular formula is C28H28N2O6. The van der Waals surface area contributed by atoms with Crippen molar-refractivity contribution >= 4 is 17.4 Å². The SMILES string of the molecule is CCCCOc1ccc(/C(O)=C2\C(=O)C(=O)N(Cc3cccnc3)[C@H]2c2ccc(O)c(OC)c2)cc1. The Bertz CT molecular complexity index is 1270. The summed E-state index contributed by atoms with van der Waals surface area (Å²) >= 11 is 0. The van der Waals surface area contributed by atoms with Crippen LogP contribution in [0.5, 0.6) is 17.2 Å². The molecule has 186 valence electrons. The van der Waals surface area contributed by atoms with Gasteiger partial charge in [0.2, 0.25) is 0 Å². The monoisotopic (exact) mass is 488 g/mol. The van der Waals surface area contributed by atoms with E-state index in [2.05, 4.69) is 11.9 Å². The number of phenolic OH excluding ortho intramolecular Hbond substituents is 1. The van der Waals surface area contributed by atoms with Crippen LogP contribution in [0.15, 0.2) is 72.6 Å². The van der Waals surface area contributed by atoms with Gasteiger partial charge in [-0.25, -0.2) is 0 Å². The molecule has 8 nitrogen and oxygen atoms in total. The lowest BCUT2D eigenvalue weighted by atomic mass is 9.95. The summed E-state index contributed by atoms with van der Waals surface area (Å²) < 4.78 is 10.9. The Balaban J connectivity index is 1.78. The summed E-state index contributed by atoms with van der Waals surface area (Å²) in [5.74, 6) is -1.07. The Labute approximate surface area is 209 Å². The number of aromatic nitrogens is 1. The first-order chi connectivity index (χ1) is 17.4. The molecule has 2 aromatic carbocycles. The normalized spacial score (nSPS) is 16.8. The predicted octanol–water partition coefficient (Wildman–Crippen LogP) is 4.60. The van der Waals surface area contributed by atoms with E-state index in [0.29, 0.717) is 23.5 Å². The highest BCUT2D eigenvalue weighted by Crippen LogP contribution is 2.42. The van der Waals surface area contributed by atoms with Crippen molar-refractivity contribution in [3.8, 4) is 17.2 Å². The molecule has 1 amide bonds. The Morgan fingerprint density at radius 2 is 1.89 bits per heavy atom. The van der Waals surface area contributed by atoms with Gasteiger partial charge in [0.1, 0.15) is 11.5 Å². The molecule has 0 unspecified atom stereocenters. The second-order valence-electron chi connectivity index (χ2n) is 8.45. The number of aromatic hydroxyl groups is 1. The van der Waals surface area contributed by atoms with E-state index in [-0.39, 0.29) is 29.4 Å². The van der Waals surface area contributed by atoms with Gasteiger partial charge in [-0.2, -0.15) is 0 Å². The first-order valence-electron chi connectivity index (χ1n) is 11.7. The summed E-state index contributed by atoms with van der Waals surface area (Å²) in [5, 5.41) is 21.3. The quantitative estimate of drug-likeness (QED) is 0.196. The first kappa shape index (κ1) is 24.8. The van der Waals surface area contributed by atoms with Crippen LogP contribution < -0.4 is 9.47 Å². The molecule has 0 aliphatic carbocycles. The van der Waals surface area contributed by atoms with Crippen molar-refractivity contribution in [3.63, 3.8) is 0 Å². The predicted molar refractivity (Wildman–Crippen MR) is 134 cm³/mol. The Morgan fingerprint density at radius 3 is 2.56 bits per heavy atom. The van der Waals surface area contributed by atoms with Gasteiger partial charge in [-0.3, -0.25) is 14.6 Å². The van der Waals surface area contributed by atoms with Crippen molar-refractivity contribution in [2.75, 3.05) is 13.7 Å². The maximum atomic E-state index is 13.2. The lowest BCUT2D eigenvalue weighted by molar-refractivity contribution is -0.140. The third-order valence-corrected chi connectivity index (χ3v) is 6.03. The van der Waals surface area contributed by atoms with Crippen molar-refractivity contribution in [2.24, 2.45) is 0 Å². The molecule has 1 saturated heterocycles. The number of pyridine rings is 1. The number of Topliss-reactive ketones (excluding diaryl/α,β-unsaturated/α-hetero) is 1. The number of phenols is 1. The lowest BCUT2D eigenvalue weighted by Gasteiger charge is -2.25. The zero-order chi connectivity index (χ0) is 25.7. The number of ketones is 1. The van der Waals surface area contributed by atoms with Crippen molar-refractivity contribution in [1.82, 2.24) is 9.88 Å². The summed E-state index contributed by atoms with van der Waals surface area (Å²) in [6.07, 6.45) is 5.18. The van der Waals surface area contributed by atoms with Gasteiger partial charge in [0.25, 0.3) is 11.7 Å². The zero-order valence-electron chi connectivity index (χ0n) is 20.2. The number of ether oxygens (including phenoxy) is 2. The van der Waals surface area contributed by atoms with E-state index >= 15 is 0 Å². The summed E-state index contributed by atoms with van der Waals surface area (Å²) in [7, 11) is 1.41. The Kier molecular flexibility index (Phi) is 7.53. The van der Waals surface area contributed by atoms with Crippen LogP contribution in [0, 0.1) is 0 Å². The van der Waals surface area contributed by atoms with Crippen LogP contribution in [0.25, 0.3) is 5.76 Å². The molecule has 3 aromatic rings. The number of unbranched alkanes of at least 4 members (excludes halogenated alkanes) is 1. The van der Waals surface area contributed by atoms with E-state index < -0.39 is 17.7 Å². The van der Waals surface area contributed by atoms with Crippen molar-refractivity contribution in [1.29, 1.82) is 0 Å². The number of carbonyl (C=O) groups is 2. The van der Waals surface area contributed by atoms with Gasteiger partial charge >= 0.3 is 0 Å². The maximum absolute atomic E-state index is 13.2. The molecule has 1 aromatic heterocycles. The number of likely N-dealkylation sites (tertiary alicyclic amines) is 1. The van der Waals surface area contributed by atoms with Gasteiger partial charge in [0.05, 0.1) is 25.3 Å². The minimum Gasteiger partial charge on any atom is -0.507 e. The largest absolute Gasteiger partial charge is 0.507 e. The molecule has 36 heavy (non-hydrogen) atoms. The van der Waals surface area contributed by atoms with Gasteiger partial charge < -0.3 is 24.6 Å². The molecule has 8 heteroatoms. The topological polar surface area (TPSA) is 109 Å². The summed E-state index contributed by atoms with van der Waals surface area (Å²) in [4.78, 5) is 31.9. The number of benzene rings is 2. The second-order valence-corrected chi connectivity index (χ2v) is 8.45. The minimum absolute atomic E-state index is 0.0451. The van der Waals surface area contributed by atoms with Crippen LogP contribution in [-0.2, 0) is 16.1 Å². The molecule has 4 rings (SSSR count). The van der Waals surface area contributed by atoms with Crippen LogP contribution in [0.2, 0.25) is 0 Å². The van der Waals surface area contributed by atoms with Crippen LogP contribution in [0.4, 0.5) is 0 Å². The van der Waals surface area contributed by atoms with Crippen LogP contribution in [-0.4, -0.2) is 45.5 Å². The molecule has 2 N–H and O–H groups in total. The highest BCUT2D eigenvalue weighted by molar-refractivity contribution is 6.46. The molecule has 0 saturated carbocycles.